The number of hydrogen-bond donors (Lipinski definition) is 0. The van der Waals surface area contributed by atoms with Crippen LogP contribution in [0.4, 0.5) is 0 Å². The van der Waals surface area contributed by atoms with Crippen LogP contribution in [-0.4, -0.2) is 15.6 Å². The van der Waals surface area contributed by atoms with E-state index in [1.54, 1.807) is 0 Å². The van der Waals surface area contributed by atoms with Crippen molar-refractivity contribution in [3.05, 3.63) is 0 Å². The van der Waals surface area contributed by atoms with Gasteiger partial charge in [0.25, 0.3) is 0 Å². The highest BCUT2D eigenvalue weighted by atomic mass is 32.2. The van der Waals surface area contributed by atoms with E-state index in [1.807, 2.05) is 0 Å². The number of hydrogen-bond acceptors (Lipinski definition) is 2. The molecule has 11 heavy (non-hydrogen) atoms. The lowest BCUT2D eigenvalue weighted by Crippen LogP contribution is -2.23. The third-order valence-electron chi connectivity index (χ3n) is 1.91. The third kappa shape index (κ3) is 3.75. The van der Waals surface area contributed by atoms with E-state index in [-0.39, 0.29) is 0 Å². The molecule has 0 heterocycles. The predicted molar refractivity (Wildman–Crippen MR) is 59.5 cm³/mol. The molecule has 0 saturated carbocycles. The molecular formula is C9H20S2. The Hall–Kier alpha value is 0.700. The minimum Gasteiger partial charge on any atom is -0.145 e. The Morgan fingerprint density at radius 3 is 1.64 bits per heavy atom. The molecule has 68 valence electrons. The van der Waals surface area contributed by atoms with Crippen molar-refractivity contribution in [2.75, 3.05) is 11.5 Å². The molecule has 0 fully saturated rings. The van der Waals surface area contributed by atoms with Crippen LogP contribution in [0, 0.1) is 5.92 Å². The van der Waals surface area contributed by atoms with Gasteiger partial charge in [-0.1, -0.05) is 27.7 Å². The SMILES string of the molecule is CCSC(C)(SCC)C(C)C. The fraction of sp³-hybridized carbons (Fsp3) is 1.00. The summed E-state index contributed by atoms with van der Waals surface area (Å²) < 4.78 is 0.434. The first kappa shape index (κ1) is 11.7. The summed E-state index contributed by atoms with van der Waals surface area (Å²) in [7, 11) is 0. The van der Waals surface area contributed by atoms with Gasteiger partial charge < -0.3 is 0 Å². The van der Waals surface area contributed by atoms with Gasteiger partial charge in [-0.2, -0.15) is 0 Å². The summed E-state index contributed by atoms with van der Waals surface area (Å²) in [6, 6.07) is 0. The molecule has 0 N–H and O–H groups in total. The second-order valence-electron chi connectivity index (χ2n) is 3.04. The Kier molecular flexibility index (Phi) is 5.71. The van der Waals surface area contributed by atoms with Crippen molar-refractivity contribution in [3.8, 4) is 0 Å². The Morgan fingerprint density at radius 1 is 1.09 bits per heavy atom. The maximum absolute atomic E-state index is 2.36. The van der Waals surface area contributed by atoms with Gasteiger partial charge in [0.1, 0.15) is 0 Å². The van der Waals surface area contributed by atoms with Crippen molar-refractivity contribution in [3.63, 3.8) is 0 Å². The van der Waals surface area contributed by atoms with Crippen molar-refractivity contribution >= 4 is 23.5 Å². The van der Waals surface area contributed by atoms with Crippen LogP contribution in [-0.2, 0) is 0 Å². The molecule has 0 saturated heterocycles. The van der Waals surface area contributed by atoms with E-state index in [0.29, 0.717) is 4.08 Å². The largest absolute Gasteiger partial charge is 0.145 e. The van der Waals surface area contributed by atoms with Crippen LogP contribution in [0.5, 0.6) is 0 Å². The summed E-state index contributed by atoms with van der Waals surface area (Å²) in [6.45, 7) is 11.5. The number of thioether (sulfide) groups is 2. The van der Waals surface area contributed by atoms with Crippen LogP contribution in [0.1, 0.15) is 34.6 Å². The summed E-state index contributed by atoms with van der Waals surface area (Å²) in [4.78, 5) is 0. The van der Waals surface area contributed by atoms with Gasteiger partial charge in [-0.15, -0.1) is 23.5 Å². The van der Waals surface area contributed by atoms with Gasteiger partial charge >= 0.3 is 0 Å². The lowest BCUT2D eigenvalue weighted by atomic mass is 10.1. The molecule has 2 heteroatoms. The van der Waals surface area contributed by atoms with Crippen LogP contribution >= 0.6 is 23.5 Å². The molecule has 0 aliphatic carbocycles. The molecule has 0 radical (unpaired) electrons. The zero-order chi connectivity index (χ0) is 8.91. The summed E-state index contributed by atoms with van der Waals surface area (Å²) in [5.41, 5.74) is 0. The summed E-state index contributed by atoms with van der Waals surface area (Å²) >= 11 is 4.15. The fourth-order valence-corrected chi connectivity index (χ4v) is 3.80. The van der Waals surface area contributed by atoms with Crippen molar-refractivity contribution < 1.29 is 0 Å². The Labute approximate surface area is 79.9 Å². The first-order chi connectivity index (χ1) is 5.06. The molecule has 0 bridgehead atoms. The van der Waals surface area contributed by atoms with E-state index in [1.165, 1.54) is 11.5 Å². The Bertz CT molecular complexity index is 93.7. The Balaban J connectivity index is 4.01. The van der Waals surface area contributed by atoms with E-state index in [4.69, 9.17) is 0 Å². The van der Waals surface area contributed by atoms with E-state index in [9.17, 15) is 0 Å². The van der Waals surface area contributed by atoms with Gasteiger partial charge in [0.15, 0.2) is 0 Å². The predicted octanol–water partition coefficient (Wildman–Crippen LogP) is 3.86. The molecular weight excluding hydrogens is 172 g/mol. The van der Waals surface area contributed by atoms with Gasteiger partial charge in [0.05, 0.1) is 4.08 Å². The summed E-state index contributed by atoms with van der Waals surface area (Å²) in [6.07, 6.45) is 0. The maximum atomic E-state index is 2.36. The molecule has 0 aromatic carbocycles. The van der Waals surface area contributed by atoms with Crippen LogP contribution in [0.3, 0.4) is 0 Å². The van der Waals surface area contributed by atoms with Gasteiger partial charge in [0.2, 0.25) is 0 Å². The van der Waals surface area contributed by atoms with Crippen molar-refractivity contribution in [1.82, 2.24) is 0 Å². The second-order valence-corrected chi connectivity index (χ2v) is 6.72. The molecule has 0 spiro atoms. The molecule has 0 aromatic rings. The minimum absolute atomic E-state index is 0.434. The monoisotopic (exact) mass is 192 g/mol. The highest BCUT2D eigenvalue weighted by Gasteiger charge is 2.27. The highest BCUT2D eigenvalue weighted by Crippen LogP contribution is 2.42. The van der Waals surface area contributed by atoms with E-state index >= 15 is 0 Å². The molecule has 0 aromatic heterocycles. The third-order valence-corrected chi connectivity index (χ3v) is 5.28. The van der Waals surface area contributed by atoms with Gasteiger partial charge in [-0.25, -0.2) is 0 Å². The average Bonchev–Trinajstić information content (AvgIpc) is 1.88. The summed E-state index contributed by atoms with van der Waals surface area (Å²) in [5, 5.41) is 0. The van der Waals surface area contributed by atoms with Crippen LogP contribution in [0.15, 0.2) is 0 Å². The smallest absolute Gasteiger partial charge is 0.0605 e. The lowest BCUT2D eigenvalue weighted by Gasteiger charge is -2.31. The van der Waals surface area contributed by atoms with Crippen LogP contribution < -0.4 is 0 Å². The number of rotatable bonds is 5. The molecule has 0 unspecified atom stereocenters. The normalized spacial score (nSPS) is 12.5. The van der Waals surface area contributed by atoms with Gasteiger partial charge in [-0.3, -0.25) is 0 Å². The van der Waals surface area contributed by atoms with Gasteiger partial charge in [-0.05, 0) is 24.3 Å². The van der Waals surface area contributed by atoms with Crippen molar-refractivity contribution in [2.24, 2.45) is 5.92 Å². The standard InChI is InChI=1S/C9H20S2/c1-6-10-9(5,8(3)4)11-7-2/h8H,6-7H2,1-5H3. The molecule has 0 amide bonds. The van der Waals surface area contributed by atoms with Crippen molar-refractivity contribution in [1.29, 1.82) is 0 Å². The van der Waals surface area contributed by atoms with Crippen molar-refractivity contribution in [2.45, 2.75) is 38.7 Å². The molecule has 0 atom stereocenters. The fourth-order valence-electron chi connectivity index (χ4n) is 0.948. The van der Waals surface area contributed by atoms with Crippen LogP contribution in [0.2, 0.25) is 0 Å². The minimum atomic E-state index is 0.434. The van der Waals surface area contributed by atoms with E-state index in [0.717, 1.165) is 5.92 Å². The van der Waals surface area contributed by atoms with Crippen LogP contribution in [0.25, 0.3) is 0 Å². The highest BCUT2D eigenvalue weighted by molar-refractivity contribution is 8.18. The molecule has 0 rings (SSSR count). The average molecular weight is 192 g/mol. The lowest BCUT2D eigenvalue weighted by molar-refractivity contribution is 0.604. The molecule has 0 aliphatic heterocycles. The Morgan fingerprint density at radius 2 is 1.45 bits per heavy atom. The first-order valence-electron chi connectivity index (χ1n) is 4.34. The van der Waals surface area contributed by atoms with E-state index < -0.39 is 0 Å². The summed E-state index contributed by atoms with van der Waals surface area (Å²) in [5.74, 6) is 3.21. The van der Waals surface area contributed by atoms with E-state index in [2.05, 4.69) is 58.1 Å². The zero-order valence-corrected chi connectivity index (χ0v) is 9.94. The quantitative estimate of drug-likeness (QED) is 0.607. The zero-order valence-electron chi connectivity index (χ0n) is 8.31. The topological polar surface area (TPSA) is 0 Å². The second kappa shape index (κ2) is 5.36. The molecule has 0 aliphatic rings. The van der Waals surface area contributed by atoms with Gasteiger partial charge in [0, 0.05) is 0 Å². The first-order valence-corrected chi connectivity index (χ1v) is 6.31. The maximum Gasteiger partial charge on any atom is 0.0605 e. The molecule has 0 nitrogen and oxygen atoms in total.